The van der Waals surface area contributed by atoms with Gasteiger partial charge in [0, 0.05) is 32.1 Å². The van der Waals surface area contributed by atoms with Crippen molar-refractivity contribution in [3.8, 4) is 0 Å². The zero-order valence-corrected chi connectivity index (χ0v) is 17.2. The van der Waals surface area contributed by atoms with Crippen molar-refractivity contribution in [2.75, 3.05) is 33.2 Å². The van der Waals surface area contributed by atoms with Crippen molar-refractivity contribution in [1.29, 1.82) is 0 Å². The molecule has 2 N–H and O–H groups in total. The lowest BCUT2D eigenvalue weighted by molar-refractivity contribution is 0.176. The maximum Gasteiger partial charge on any atom is 0.190 e. The van der Waals surface area contributed by atoms with Crippen molar-refractivity contribution in [1.82, 2.24) is 20.5 Å². The molecule has 25 heavy (non-hydrogen) atoms. The van der Waals surface area contributed by atoms with Gasteiger partial charge in [0.2, 0.25) is 0 Å². The molecule has 2 heterocycles. The van der Waals surface area contributed by atoms with Crippen LogP contribution in [0.15, 0.2) is 10.4 Å². The van der Waals surface area contributed by atoms with Crippen molar-refractivity contribution < 1.29 is 0 Å². The second kappa shape index (κ2) is 10.8. The predicted octanol–water partition coefficient (Wildman–Crippen LogP) is 3.26. The number of aliphatic imine (C=N–C) groups is 1. The number of thiazole rings is 1. The van der Waals surface area contributed by atoms with E-state index in [4.69, 9.17) is 0 Å². The van der Waals surface area contributed by atoms with Gasteiger partial charge in [-0.3, -0.25) is 9.89 Å². The summed E-state index contributed by atoms with van der Waals surface area (Å²) in [7, 11) is 1.86. The Kier molecular flexibility index (Phi) is 8.68. The molecule has 2 rings (SSSR count). The first-order valence-electron chi connectivity index (χ1n) is 9.72. The summed E-state index contributed by atoms with van der Waals surface area (Å²) in [5, 5.41) is 10.4. The number of piperidine rings is 1. The van der Waals surface area contributed by atoms with Gasteiger partial charge in [-0.25, -0.2) is 4.98 Å². The standard InChI is InChI=1S/C19H35N5S/c1-5-16(6-2)11-21-19(20-4)22-12-17-7-9-24(10-8-17)13-18-14-25-15(3)23-18/h14,16-17H,5-13H2,1-4H3,(H2,20,21,22). The Labute approximate surface area is 157 Å². The van der Waals surface area contributed by atoms with Gasteiger partial charge in [-0.15, -0.1) is 11.3 Å². The zero-order chi connectivity index (χ0) is 18.1. The summed E-state index contributed by atoms with van der Waals surface area (Å²) in [6.07, 6.45) is 4.94. The molecule has 0 radical (unpaired) electrons. The van der Waals surface area contributed by atoms with Gasteiger partial charge in [0.25, 0.3) is 0 Å². The van der Waals surface area contributed by atoms with Crippen LogP contribution in [0.1, 0.15) is 50.2 Å². The van der Waals surface area contributed by atoms with Crippen LogP contribution in [0.25, 0.3) is 0 Å². The van der Waals surface area contributed by atoms with Crippen molar-refractivity contribution in [2.45, 2.75) is 53.0 Å². The smallest absolute Gasteiger partial charge is 0.190 e. The summed E-state index contributed by atoms with van der Waals surface area (Å²) in [6, 6.07) is 0. The zero-order valence-electron chi connectivity index (χ0n) is 16.3. The molecule has 5 nitrogen and oxygen atoms in total. The van der Waals surface area contributed by atoms with E-state index in [0.717, 1.165) is 37.4 Å². The topological polar surface area (TPSA) is 52.6 Å². The molecule has 0 bridgehead atoms. The number of aromatic nitrogens is 1. The first kappa shape index (κ1) is 20.2. The van der Waals surface area contributed by atoms with Gasteiger partial charge < -0.3 is 10.6 Å². The Balaban J connectivity index is 1.65. The quantitative estimate of drug-likeness (QED) is 0.548. The van der Waals surface area contributed by atoms with Crippen LogP contribution in [0.2, 0.25) is 0 Å². The van der Waals surface area contributed by atoms with Crippen LogP contribution in [0, 0.1) is 18.8 Å². The molecular formula is C19H35N5S. The lowest BCUT2D eigenvalue weighted by Crippen LogP contribution is -2.43. The molecule has 1 aromatic heterocycles. The summed E-state index contributed by atoms with van der Waals surface area (Å²) < 4.78 is 0. The van der Waals surface area contributed by atoms with Gasteiger partial charge in [-0.2, -0.15) is 0 Å². The lowest BCUT2D eigenvalue weighted by atomic mass is 9.97. The molecule has 0 spiro atoms. The van der Waals surface area contributed by atoms with E-state index in [9.17, 15) is 0 Å². The maximum atomic E-state index is 4.58. The van der Waals surface area contributed by atoms with E-state index in [1.165, 1.54) is 49.5 Å². The first-order chi connectivity index (χ1) is 12.1. The highest BCUT2D eigenvalue weighted by Gasteiger charge is 2.20. The van der Waals surface area contributed by atoms with Gasteiger partial charge in [-0.05, 0) is 44.7 Å². The predicted molar refractivity (Wildman–Crippen MR) is 108 cm³/mol. The Morgan fingerprint density at radius 2 is 2.04 bits per heavy atom. The Morgan fingerprint density at radius 3 is 2.60 bits per heavy atom. The van der Waals surface area contributed by atoms with Gasteiger partial charge in [0.1, 0.15) is 0 Å². The number of likely N-dealkylation sites (tertiary alicyclic amines) is 1. The van der Waals surface area contributed by atoms with Crippen LogP contribution in [0.4, 0.5) is 0 Å². The molecule has 0 amide bonds. The first-order valence-corrected chi connectivity index (χ1v) is 10.6. The van der Waals surface area contributed by atoms with E-state index in [1.54, 1.807) is 11.3 Å². The molecule has 0 aromatic carbocycles. The normalized spacial score (nSPS) is 17.2. The Morgan fingerprint density at radius 1 is 1.32 bits per heavy atom. The molecule has 142 valence electrons. The number of nitrogens with one attached hydrogen (secondary N) is 2. The molecule has 1 fully saturated rings. The molecule has 0 aliphatic carbocycles. The summed E-state index contributed by atoms with van der Waals surface area (Å²) in [6.45, 7) is 12.0. The van der Waals surface area contributed by atoms with E-state index in [0.29, 0.717) is 0 Å². The van der Waals surface area contributed by atoms with E-state index < -0.39 is 0 Å². The van der Waals surface area contributed by atoms with Crippen LogP contribution in [0.3, 0.4) is 0 Å². The van der Waals surface area contributed by atoms with Crippen LogP contribution in [0.5, 0.6) is 0 Å². The summed E-state index contributed by atoms with van der Waals surface area (Å²) in [4.78, 5) is 11.5. The molecule has 6 heteroatoms. The van der Waals surface area contributed by atoms with Crippen LogP contribution >= 0.6 is 11.3 Å². The van der Waals surface area contributed by atoms with Crippen molar-refractivity contribution in [3.63, 3.8) is 0 Å². The summed E-state index contributed by atoms with van der Waals surface area (Å²) in [5.74, 6) is 2.42. The van der Waals surface area contributed by atoms with Gasteiger partial charge >= 0.3 is 0 Å². The average molecular weight is 366 g/mol. The van der Waals surface area contributed by atoms with Crippen LogP contribution in [-0.4, -0.2) is 49.1 Å². The highest BCUT2D eigenvalue weighted by atomic mass is 32.1. The van der Waals surface area contributed by atoms with Crippen molar-refractivity contribution in [3.05, 3.63) is 16.1 Å². The number of rotatable bonds is 8. The minimum atomic E-state index is 0.733. The van der Waals surface area contributed by atoms with Gasteiger partial charge in [0.15, 0.2) is 5.96 Å². The highest BCUT2D eigenvalue weighted by Crippen LogP contribution is 2.19. The molecule has 1 aliphatic rings. The second-order valence-corrected chi connectivity index (χ2v) is 8.16. The summed E-state index contributed by atoms with van der Waals surface area (Å²) >= 11 is 1.75. The lowest BCUT2D eigenvalue weighted by Gasteiger charge is -2.31. The van der Waals surface area contributed by atoms with Crippen LogP contribution in [-0.2, 0) is 6.54 Å². The van der Waals surface area contributed by atoms with E-state index in [1.807, 2.05) is 7.05 Å². The Hall–Kier alpha value is -1.14. The molecular weight excluding hydrogens is 330 g/mol. The van der Waals surface area contributed by atoms with Crippen molar-refractivity contribution >= 4 is 17.3 Å². The van der Waals surface area contributed by atoms with E-state index >= 15 is 0 Å². The Bertz CT molecular complexity index is 516. The van der Waals surface area contributed by atoms with Gasteiger partial charge in [0.05, 0.1) is 10.7 Å². The average Bonchev–Trinajstić information content (AvgIpc) is 3.04. The fourth-order valence-corrected chi connectivity index (χ4v) is 3.94. The number of nitrogens with zero attached hydrogens (tertiary/aromatic N) is 3. The molecule has 1 aromatic rings. The number of aryl methyl sites for hydroxylation is 1. The fraction of sp³-hybridized carbons (Fsp3) is 0.789. The SMILES string of the molecule is CCC(CC)CNC(=NC)NCC1CCN(Cc2csc(C)n2)CC1. The summed E-state index contributed by atoms with van der Waals surface area (Å²) in [5.41, 5.74) is 1.23. The molecule has 0 atom stereocenters. The number of guanidine groups is 1. The minimum Gasteiger partial charge on any atom is -0.356 e. The third kappa shape index (κ3) is 6.94. The van der Waals surface area contributed by atoms with Crippen LogP contribution < -0.4 is 10.6 Å². The van der Waals surface area contributed by atoms with Crippen molar-refractivity contribution in [2.24, 2.45) is 16.8 Å². The number of hydrogen-bond donors (Lipinski definition) is 2. The molecule has 1 saturated heterocycles. The third-order valence-electron chi connectivity index (χ3n) is 5.25. The molecule has 0 unspecified atom stereocenters. The largest absolute Gasteiger partial charge is 0.356 e. The second-order valence-electron chi connectivity index (χ2n) is 7.09. The minimum absolute atomic E-state index is 0.733. The highest BCUT2D eigenvalue weighted by molar-refractivity contribution is 7.09. The molecule has 1 aliphatic heterocycles. The monoisotopic (exact) mass is 365 g/mol. The van der Waals surface area contributed by atoms with E-state index in [2.05, 4.69) is 51.7 Å². The fourth-order valence-electron chi connectivity index (χ4n) is 3.34. The van der Waals surface area contributed by atoms with Gasteiger partial charge in [-0.1, -0.05) is 26.7 Å². The molecule has 0 saturated carbocycles. The van der Waals surface area contributed by atoms with E-state index in [-0.39, 0.29) is 0 Å². The third-order valence-corrected chi connectivity index (χ3v) is 6.08. The maximum absolute atomic E-state index is 4.58. The number of hydrogen-bond acceptors (Lipinski definition) is 4.